The molecule has 0 saturated carbocycles. The third kappa shape index (κ3) is 44.6. The molecule has 0 fully saturated rings. The Morgan fingerprint density at radius 3 is 1.41 bits per heavy atom. The minimum atomic E-state index is -0.0373. The first-order valence-electron chi connectivity index (χ1n) is 14.0. The smallest absolute Gasteiger partial charge is 0.158 e. The maximum atomic E-state index is 11.3. The van der Waals surface area contributed by atoms with Crippen molar-refractivity contribution in [1.82, 2.24) is 0 Å². The summed E-state index contributed by atoms with van der Waals surface area (Å²) in [5.41, 5.74) is 0. The Morgan fingerprint density at radius 1 is 0.559 bits per heavy atom. The Balaban J connectivity index is -0.000000458. The molecule has 0 unspecified atom stereocenters. The first-order valence-corrected chi connectivity index (χ1v) is 14.0. The monoisotopic (exact) mass is 484 g/mol. The van der Waals surface area contributed by atoms with Gasteiger partial charge in [-0.3, -0.25) is 9.59 Å². The van der Waals surface area contributed by atoms with Crippen molar-refractivity contribution >= 4 is 17.3 Å². The Bertz CT molecular complexity index is 466. The number of rotatable bonds is 19. The van der Waals surface area contributed by atoms with Gasteiger partial charge in [0, 0.05) is 12.8 Å². The van der Waals surface area contributed by atoms with Crippen molar-refractivity contribution in [1.29, 1.82) is 0 Å². The molecular weight excluding hydrogens is 424 g/mol. The minimum absolute atomic E-state index is 0.0373. The molecule has 204 valence electrons. The topological polar surface area (TPSA) is 60.4 Å². The average Bonchev–Trinajstić information content (AvgIpc) is 2.71. The van der Waals surface area contributed by atoms with Crippen molar-refractivity contribution in [2.75, 3.05) is 13.2 Å². The summed E-state index contributed by atoms with van der Waals surface area (Å²) >= 11 is 0. The van der Waals surface area contributed by atoms with E-state index in [0.29, 0.717) is 12.2 Å². The Kier molecular flexibility index (Phi) is 31.1. The molecule has 0 aromatic carbocycles. The summed E-state index contributed by atoms with van der Waals surface area (Å²) in [6, 6.07) is 0. The highest BCUT2D eigenvalue weighted by molar-refractivity contribution is 5.80. The summed E-state index contributed by atoms with van der Waals surface area (Å²) in [6.07, 6.45) is 15.0. The molecule has 0 spiro atoms. The first-order chi connectivity index (χ1) is 15.9. The molecule has 0 atom stereocenters. The number of carbonyl (C=O) groups excluding carboxylic acids is 3. The van der Waals surface area contributed by atoms with Gasteiger partial charge >= 0.3 is 0 Å². The molecule has 0 amide bonds. The second kappa shape index (κ2) is 28.2. The summed E-state index contributed by atoms with van der Waals surface area (Å²) in [4.78, 5) is 32.3. The largest absolute Gasteiger partial charge is 0.366 e. The molecule has 0 N–H and O–H groups in total. The van der Waals surface area contributed by atoms with E-state index in [1.165, 1.54) is 58.3 Å². The van der Waals surface area contributed by atoms with E-state index in [-0.39, 0.29) is 24.8 Å². The lowest BCUT2D eigenvalue weighted by Gasteiger charge is -2.04. The van der Waals surface area contributed by atoms with Gasteiger partial charge in [-0.05, 0) is 44.4 Å². The molecular formula is C30H60O4. The van der Waals surface area contributed by atoms with E-state index in [1.807, 2.05) is 0 Å². The van der Waals surface area contributed by atoms with E-state index in [0.717, 1.165) is 43.4 Å². The number of unbranched alkanes of at least 4 members (excludes halogenated alkanes) is 5. The SMILES string of the molecule is CC(=O)CCCCC(C)C.CC(=O)COCC(=O)CCCCCC(C)C.CCCCCC(C)C. The van der Waals surface area contributed by atoms with Crippen LogP contribution < -0.4 is 0 Å². The van der Waals surface area contributed by atoms with Crippen LogP contribution in [0.15, 0.2) is 0 Å². The minimum Gasteiger partial charge on any atom is -0.366 e. The van der Waals surface area contributed by atoms with Crippen molar-refractivity contribution in [3.63, 3.8) is 0 Å². The fourth-order valence-corrected chi connectivity index (χ4v) is 3.16. The number of ketones is 3. The van der Waals surface area contributed by atoms with Gasteiger partial charge in [-0.2, -0.15) is 0 Å². The molecule has 0 rings (SSSR count). The van der Waals surface area contributed by atoms with Crippen LogP contribution in [-0.2, 0) is 19.1 Å². The highest BCUT2D eigenvalue weighted by atomic mass is 16.5. The van der Waals surface area contributed by atoms with Crippen LogP contribution in [0.5, 0.6) is 0 Å². The van der Waals surface area contributed by atoms with Gasteiger partial charge in [-0.25, -0.2) is 0 Å². The number of carbonyl (C=O) groups is 3. The first kappa shape index (κ1) is 37.5. The summed E-state index contributed by atoms with van der Waals surface area (Å²) in [5, 5.41) is 0. The molecule has 4 nitrogen and oxygen atoms in total. The zero-order valence-corrected chi connectivity index (χ0v) is 24.5. The van der Waals surface area contributed by atoms with Crippen LogP contribution in [0.3, 0.4) is 0 Å². The van der Waals surface area contributed by atoms with Crippen LogP contribution in [-0.4, -0.2) is 30.6 Å². The lowest BCUT2D eigenvalue weighted by molar-refractivity contribution is -0.127. The molecule has 0 aliphatic heterocycles. The maximum absolute atomic E-state index is 11.3. The van der Waals surface area contributed by atoms with E-state index in [9.17, 15) is 14.4 Å². The molecule has 34 heavy (non-hydrogen) atoms. The summed E-state index contributed by atoms with van der Waals surface area (Å²) < 4.78 is 4.95. The fraction of sp³-hybridized carbons (Fsp3) is 0.900. The van der Waals surface area contributed by atoms with Crippen molar-refractivity contribution in [2.24, 2.45) is 17.8 Å². The van der Waals surface area contributed by atoms with Gasteiger partial charge < -0.3 is 9.53 Å². The van der Waals surface area contributed by atoms with Crippen molar-refractivity contribution < 1.29 is 19.1 Å². The maximum Gasteiger partial charge on any atom is 0.158 e. The highest BCUT2D eigenvalue weighted by Crippen LogP contribution is 2.10. The Morgan fingerprint density at radius 2 is 1.00 bits per heavy atom. The van der Waals surface area contributed by atoms with Crippen molar-refractivity contribution in [2.45, 2.75) is 146 Å². The normalized spacial score (nSPS) is 10.6. The van der Waals surface area contributed by atoms with Crippen LogP contribution in [0, 0.1) is 17.8 Å². The van der Waals surface area contributed by atoms with Gasteiger partial charge in [0.05, 0.1) is 0 Å². The molecule has 0 heterocycles. The third-order valence-electron chi connectivity index (χ3n) is 5.25. The Hall–Kier alpha value is -1.03. The quantitative estimate of drug-likeness (QED) is 0.172. The standard InChI is InChI=1S/C13H24O3.C9H18O.C8H18/c1-11(2)7-5-4-6-8-13(15)10-16-9-12(3)14;1-8(2)6-4-5-7-9(3)10;1-4-5-6-7-8(2)3/h11H,4-10H2,1-3H3;8H,4-7H2,1-3H3;8H,4-7H2,1-3H3. The lowest BCUT2D eigenvalue weighted by Crippen LogP contribution is -2.12. The molecule has 0 saturated heterocycles. The number of Topliss-reactive ketones (excluding diaryl/α,β-unsaturated/α-hetero) is 3. The van der Waals surface area contributed by atoms with Crippen LogP contribution in [0.4, 0.5) is 0 Å². The average molecular weight is 485 g/mol. The summed E-state index contributed by atoms with van der Waals surface area (Å²) in [7, 11) is 0. The molecule has 0 aliphatic rings. The van der Waals surface area contributed by atoms with Crippen LogP contribution in [0.2, 0.25) is 0 Å². The zero-order valence-electron chi connectivity index (χ0n) is 24.5. The van der Waals surface area contributed by atoms with E-state index in [1.54, 1.807) is 6.92 Å². The molecule has 0 aromatic heterocycles. The van der Waals surface area contributed by atoms with Gasteiger partial charge in [0.15, 0.2) is 11.6 Å². The predicted molar refractivity (Wildman–Crippen MR) is 147 cm³/mol. The van der Waals surface area contributed by atoms with Gasteiger partial charge in [-0.1, -0.05) is 106 Å². The van der Waals surface area contributed by atoms with E-state index in [4.69, 9.17) is 4.74 Å². The lowest BCUT2D eigenvalue weighted by atomic mass is 10.0. The van der Waals surface area contributed by atoms with Crippen LogP contribution in [0.1, 0.15) is 146 Å². The highest BCUT2D eigenvalue weighted by Gasteiger charge is 2.03. The van der Waals surface area contributed by atoms with Gasteiger partial charge in [0.1, 0.15) is 19.0 Å². The third-order valence-corrected chi connectivity index (χ3v) is 5.25. The fourth-order valence-electron chi connectivity index (χ4n) is 3.16. The number of ether oxygens (including phenoxy) is 1. The van der Waals surface area contributed by atoms with Crippen LogP contribution >= 0.6 is 0 Å². The molecule has 0 radical (unpaired) electrons. The second-order valence-corrected chi connectivity index (χ2v) is 11.0. The number of hydrogen-bond donors (Lipinski definition) is 0. The van der Waals surface area contributed by atoms with Gasteiger partial charge in [0.25, 0.3) is 0 Å². The van der Waals surface area contributed by atoms with E-state index >= 15 is 0 Å². The van der Waals surface area contributed by atoms with Gasteiger partial charge in [-0.15, -0.1) is 0 Å². The molecule has 0 bridgehead atoms. The van der Waals surface area contributed by atoms with Crippen molar-refractivity contribution in [3.8, 4) is 0 Å². The predicted octanol–water partition coefficient (Wildman–Crippen LogP) is 8.78. The zero-order chi connectivity index (χ0) is 26.8. The Labute approximate surface area is 213 Å². The molecule has 0 aliphatic carbocycles. The van der Waals surface area contributed by atoms with Gasteiger partial charge in [0.2, 0.25) is 0 Å². The number of hydrogen-bond acceptors (Lipinski definition) is 4. The van der Waals surface area contributed by atoms with E-state index < -0.39 is 0 Å². The molecule has 0 aromatic rings. The second-order valence-electron chi connectivity index (χ2n) is 11.0. The van der Waals surface area contributed by atoms with Crippen LogP contribution in [0.25, 0.3) is 0 Å². The summed E-state index contributed by atoms with van der Waals surface area (Å²) in [6.45, 7) is 18.9. The van der Waals surface area contributed by atoms with E-state index in [2.05, 4.69) is 48.5 Å². The summed E-state index contributed by atoms with van der Waals surface area (Å²) in [5.74, 6) is 2.82. The molecule has 4 heteroatoms. The van der Waals surface area contributed by atoms with Crippen molar-refractivity contribution in [3.05, 3.63) is 0 Å².